The third-order valence-corrected chi connectivity index (χ3v) is 12.4. The number of ketones is 1. The standard InChI is InChI=1S/C52H59N2O7/c1-4-36-15-16-37-10-8-9-13-43(37)44(36)29-46-38(17-19-48(57)52(46)60-3)27-40(22-34-20-21-54-32-34)49(58)30-50(59)45(39-23-35(31-53-2)24-41(55)28-39)25-33-14-18-47(56)51(26-33)61-42-11-6-5-7-12-42/h8-10,13-21,23-24,26,28,32,40,42,45,49,53,55-58H,4-7,11-12,22,25,27,29-31H2,1-3H3/q-1/t40-,45+,49+/m0/s1. The van der Waals surface area contributed by atoms with E-state index in [0.29, 0.717) is 42.9 Å². The van der Waals surface area contributed by atoms with Crippen molar-refractivity contribution in [3.63, 3.8) is 0 Å². The molecular weight excluding hydrogens is 765 g/mol. The van der Waals surface area contributed by atoms with E-state index in [2.05, 4.69) is 41.5 Å². The predicted molar refractivity (Wildman–Crippen MR) is 240 cm³/mol. The molecule has 0 radical (unpaired) electrons. The number of aromatic hydroxyl groups is 3. The van der Waals surface area contributed by atoms with Gasteiger partial charge >= 0.3 is 0 Å². The molecule has 0 amide bonds. The van der Waals surface area contributed by atoms with Crippen LogP contribution in [0.4, 0.5) is 0 Å². The van der Waals surface area contributed by atoms with Crippen molar-refractivity contribution in [2.75, 3.05) is 14.2 Å². The topological polar surface area (TPSA) is 143 Å². The van der Waals surface area contributed by atoms with Gasteiger partial charge in [-0.3, -0.25) is 4.79 Å². The van der Waals surface area contributed by atoms with Crippen molar-refractivity contribution in [2.45, 2.75) is 102 Å². The second kappa shape index (κ2) is 20.2. The first-order valence-electron chi connectivity index (χ1n) is 21.7. The van der Waals surface area contributed by atoms with Crippen molar-refractivity contribution in [2.24, 2.45) is 5.92 Å². The average molecular weight is 824 g/mol. The number of methoxy groups -OCH3 is 1. The lowest BCUT2D eigenvalue weighted by atomic mass is 9.80. The molecule has 0 spiro atoms. The van der Waals surface area contributed by atoms with Crippen LogP contribution in [0, 0.1) is 5.92 Å². The Morgan fingerprint density at radius 3 is 2.36 bits per heavy atom. The number of nitrogens with one attached hydrogen (secondary N) is 1. The number of phenolic OH excluding ortho intramolecular Hbond substituents is 3. The zero-order valence-electron chi connectivity index (χ0n) is 35.6. The number of fused-ring (bicyclic) bond motifs is 1. The Kier molecular flexibility index (Phi) is 14.3. The molecule has 7 rings (SSSR count). The molecule has 1 heterocycles. The van der Waals surface area contributed by atoms with Gasteiger partial charge in [-0.25, -0.2) is 0 Å². The highest BCUT2D eigenvalue weighted by Crippen LogP contribution is 2.39. The summed E-state index contributed by atoms with van der Waals surface area (Å²) in [6.45, 7) is 2.64. The number of carbonyl (C=O) groups is 1. The Labute approximate surface area is 359 Å². The number of phenols is 3. The van der Waals surface area contributed by atoms with E-state index in [1.807, 2.05) is 49.5 Å². The number of aromatic nitrogens is 1. The summed E-state index contributed by atoms with van der Waals surface area (Å²) in [5.41, 5.74) is 7.34. The van der Waals surface area contributed by atoms with E-state index in [-0.39, 0.29) is 42.0 Å². The minimum atomic E-state index is -1.06. The van der Waals surface area contributed by atoms with Gasteiger partial charge in [-0.2, -0.15) is 12.4 Å². The molecule has 0 bridgehead atoms. The smallest absolute Gasteiger partial charge is 0.164 e. The first kappa shape index (κ1) is 43.3. The fourth-order valence-corrected chi connectivity index (χ4v) is 9.26. The van der Waals surface area contributed by atoms with Gasteiger partial charge in [0.05, 0.1) is 19.3 Å². The molecule has 0 unspecified atom stereocenters. The number of hydrogen-bond acceptors (Lipinski definition) is 8. The second-order valence-electron chi connectivity index (χ2n) is 16.7. The molecule has 6 aromatic rings. The van der Waals surface area contributed by atoms with E-state index < -0.39 is 17.9 Å². The fourth-order valence-electron chi connectivity index (χ4n) is 9.26. The number of rotatable bonds is 19. The summed E-state index contributed by atoms with van der Waals surface area (Å²) < 4.78 is 12.2. The van der Waals surface area contributed by atoms with Crippen LogP contribution in [-0.2, 0) is 43.4 Å². The first-order valence-corrected chi connectivity index (χ1v) is 21.7. The number of aryl methyl sites for hydroxylation is 1. The third kappa shape index (κ3) is 10.6. The zero-order valence-corrected chi connectivity index (χ0v) is 35.6. The molecule has 1 aromatic heterocycles. The van der Waals surface area contributed by atoms with Crippen LogP contribution in [0.5, 0.6) is 28.7 Å². The maximum Gasteiger partial charge on any atom is 0.164 e. The molecule has 320 valence electrons. The largest absolute Gasteiger partial charge is 0.670 e. The van der Waals surface area contributed by atoms with Crippen LogP contribution in [0.3, 0.4) is 0 Å². The Bertz CT molecular complexity index is 2400. The summed E-state index contributed by atoms with van der Waals surface area (Å²) in [4.78, 5) is 19.1. The van der Waals surface area contributed by atoms with Crippen LogP contribution >= 0.6 is 0 Å². The highest BCUT2D eigenvalue weighted by atomic mass is 16.5. The van der Waals surface area contributed by atoms with Gasteiger partial charge in [0.15, 0.2) is 23.0 Å². The van der Waals surface area contributed by atoms with Gasteiger partial charge in [-0.15, -0.1) is 0 Å². The van der Waals surface area contributed by atoms with Crippen molar-refractivity contribution >= 4 is 16.6 Å². The zero-order chi connectivity index (χ0) is 42.9. The van der Waals surface area contributed by atoms with Crippen molar-refractivity contribution in [3.05, 3.63) is 148 Å². The quantitative estimate of drug-likeness (QED) is 0.0541. The number of benzene rings is 5. The van der Waals surface area contributed by atoms with Gasteiger partial charge in [0, 0.05) is 30.9 Å². The Balaban J connectivity index is 1.22. The van der Waals surface area contributed by atoms with E-state index in [1.54, 1.807) is 43.8 Å². The normalized spacial score (nSPS) is 14.8. The van der Waals surface area contributed by atoms with Crippen LogP contribution in [0.2, 0.25) is 0 Å². The molecule has 1 saturated carbocycles. The molecule has 5 N–H and O–H groups in total. The molecule has 5 aromatic carbocycles. The van der Waals surface area contributed by atoms with Crippen molar-refractivity contribution < 1.29 is 34.7 Å². The van der Waals surface area contributed by atoms with E-state index in [9.17, 15) is 25.2 Å². The minimum Gasteiger partial charge on any atom is -0.670 e. The molecule has 0 saturated heterocycles. The predicted octanol–water partition coefficient (Wildman–Crippen LogP) is 9.25. The van der Waals surface area contributed by atoms with Crippen molar-refractivity contribution in [1.82, 2.24) is 10.3 Å². The highest BCUT2D eigenvalue weighted by Gasteiger charge is 2.30. The maximum absolute atomic E-state index is 14.8. The van der Waals surface area contributed by atoms with Crippen LogP contribution in [0.1, 0.15) is 95.9 Å². The number of Topliss-reactive ketones (excluding diaryl/α,β-unsaturated/α-hetero) is 1. The molecule has 9 nitrogen and oxygen atoms in total. The summed E-state index contributed by atoms with van der Waals surface area (Å²) in [5, 5.41) is 50.5. The number of nitrogens with zero attached hydrogens (tertiary/aromatic N) is 1. The molecule has 1 aliphatic carbocycles. The summed E-state index contributed by atoms with van der Waals surface area (Å²) >= 11 is 0. The maximum atomic E-state index is 14.8. The Morgan fingerprint density at radius 2 is 1.61 bits per heavy atom. The number of hydrogen-bond donors (Lipinski definition) is 5. The molecule has 0 aliphatic heterocycles. The van der Waals surface area contributed by atoms with Crippen LogP contribution in [0.25, 0.3) is 10.8 Å². The molecular formula is C52H59N2O7-. The van der Waals surface area contributed by atoms with Gasteiger partial charge in [-0.1, -0.05) is 79.6 Å². The summed E-state index contributed by atoms with van der Waals surface area (Å²) in [6, 6.07) is 28.6. The van der Waals surface area contributed by atoms with E-state index in [1.165, 1.54) is 12.0 Å². The van der Waals surface area contributed by atoms with Gasteiger partial charge in [0.2, 0.25) is 0 Å². The van der Waals surface area contributed by atoms with Crippen LogP contribution in [-0.4, -0.2) is 52.6 Å². The molecule has 9 heteroatoms. The number of aliphatic hydroxyl groups excluding tert-OH is 1. The van der Waals surface area contributed by atoms with E-state index >= 15 is 0 Å². The first-order chi connectivity index (χ1) is 29.6. The molecule has 61 heavy (non-hydrogen) atoms. The monoisotopic (exact) mass is 823 g/mol. The van der Waals surface area contributed by atoms with Crippen LogP contribution < -0.4 is 19.8 Å². The fraction of sp³-hybridized carbons (Fsp3) is 0.365. The van der Waals surface area contributed by atoms with E-state index in [4.69, 9.17) is 9.47 Å². The molecule has 1 aliphatic rings. The van der Waals surface area contributed by atoms with Crippen molar-refractivity contribution in [1.29, 1.82) is 0 Å². The van der Waals surface area contributed by atoms with Gasteiger partial charge < -0.3 is 40.2 Å². The lowest BCUT2D eigenvalue weighted by Gasteiger charge is -2.27. The summed E-state index contributed by atoms with van der Waals surface area (Å²) in [6.07, 6.45) is 10.1. The van der Waals surface area contributed by atoms with Gasteiger partial charge in [0.25, 0.3) is 0 Å². The minimum absolute atomic E-state index is 0.0296. The average Bonchev–Trinajstić information content (AvgIpc) is 3.78. The summed E-state index contributed by atoms with van der Waals surface area (Å²) in [5.74, 6) is -0.339. The lowest BCUT2D eigenvalue weighted by Crippen LogP contribution is -2.30. The number of carbonyl (C=O) groups excluding carboxylic acids is 1. The second-order valence-corrected chi connectivity index (χ2v) is 16.7. The third-order valence-electron chi connectivity index (χ3n) is 12.4. The summed E-state index contributed by atoms with van der Waals surface area (Å²) in [7, 11) is 3.39. The lowest BCUT2D eigenvalue weighted by molar-refractivity contribution is -0.123. The number of aliphatic hydroxyl groups is 1. The molecule has 3 atom stereocenters. The number of ether oxygens (including phenoxy) is 2. The molecule has 1 fully saturated rings. The SMILES string of the molecule is CCc1ccc2ccccc2c1Cc1c(C[C@H](Cc2cc[n-]c2)[C@H](O)CC(=O)[C@H](Cc2ccc(O)c(OC3CCCCC3)c2)c2cc(O)cc(CNC)c2)ccc(O)c1OC. The van der Waals surface area contributed by atoms with Gasteiger partial charge in [-0.05, 0) is 139 Å². The highest BCUT2D eigenvalue weighted by molar-refractivity contribution is 5.88. The Morgan fingerprint density at radius 1 is 0.820 bits per heavy atom. The Hall–Kier alpha value is -5.77. The van der Waals surface area contributed by atoms with Gasteiger partial charge in [0.1, 0.15) is 11.5 Å². The van der Waals surface area contributed by atoms with Crippen molar-refractivity contribution in [3.8, 4) is 28.7 Å². The van der Waals surface area contributed by atoms with Crippen LogP contribution in [0.15, 0.2) is 103 Å². The van der Waals surface area contributed by atoms with E-state index in [0.717, 1.165) is 76.3 Å².